The molecule has 0 fully saturated rings. The van der Waals surface area contributed by atoms with E-state index >= 15 is 0 Å². The van der Waals surface area contributed by atoms with Crippen LogP contribution >= 0.6 is 15.9 Å². The first-order chi connectivity index (χ1) is 7.69. The number of nitrogens with one attached hydrogen (secondary N) is 1. The van der Waals surface area contributed by atoms with Crippen molar-refractivity contribution in [2.75, 3.05) is 18.5 Å². The van der Waals surface area contributed by atoms with Crippen LogP contribution in [-0.2, 0) is 0 Å². The molecule has 1 atom stereocenters. The predicted molar refractivity (Wildman–Crippen MR) is 70.6 cm³/mol. The quantitative estimate of drug-likeness (QED) is 0.845. The van der Waals surface area contributed by atoms with Crippen molar-refractivity contribution in [3.8, 4) is 0 Å². The molecule has 4 heteroatoms. The molecule has 0 amide bonds. The van der Waals surface area contributed by atoms with Crippen LogP contribution in [0.3, 0.4) is 0 Å². The van der Waals surface area contributed by atoms with Crippen molar-refractivity contribution in [1.82, 2.24) is 4.98 Å². The molecule has 0 aromatic carbocycles. The number of nitrogens with zero attached hydrogens (tertiary/aromatic N) is 1. The molecular formula is C12H19BrN2O. The Hall–Kier alpha value is -0.610. The summed E-state index contributed by atoms with van der Waals surface area (Å²) in [6.07, 6.45) is 3.71. The second kappa shape index (κ2) is 6.86. The molecule has 1 heterocycles. The maximum Gasteiger partial charge on any atom is 0.140 e. The molecule has 0 bridgehead atoms. The maximum atomic E-state index is 8.91. The molecule has 1 aromatic rings. The number of aryl methyl sites for hydroxylation is 1. The highest BCUT2D eigenvalue weighted by atomic mass is 79.9. The van der Waals surface area contributed by atoms with Crippen molar-refractivity contribution in [2.24, 2.45) is 5.92 Å². The zero-order chi connectivity index (χ0) is 12.0. The van der Waals surface area contributed by atoms with Crippen molar-refractivity contribution in [3.05, 3.63) is 22.3 Å². The summed E-state index contributed by atoms with van der Waals surface area (Å²) in [5, 5.41) is 12.2. The molecule has 0 aliphatic carbocycles. The third-order valence-electron chi connectivity index (χ3n) is 2.76. The number of aromatic nitrogens is 1. The fourth-order valence-corrected chi connectivity index (χ4v) is 1.91. The number of halogens is 1. The van der Waals surface area contributed by atoms with E-state index in [2.05, 4.69) is 33.2 Å². The Morgan fingerprint density at radius 2 is 2.31 bits per heavy atom. The van der Waals surface area contributed by atoms with Crippen molar-refractivity contribution in [2.45, 2.75) is 26.7 Å². The molecular weight excluding hydrogens is 268 g/mol. The summed E-state index contributed by atoms with van der Waals surface area (Å²) in [6, 6.07) is 1.97. The molecule has 3 nitrogen and oxygen atoms in total. The third-order valence-corrected chi connectivity index (χ3v) is 3.76. The van der Waals surface area contributed by atoms with E-state index in [4.69, 9.17) is 5.11 Å². The summed E-state index contributed by atoms with van der Waals surface area (Å²) >= 11 is 3.52. The molecule has 90 valence electrons. The van der Waals surface area contributed by atoms with Gasteiger partial charge in [-0.25, -0.2) is 4.98 Å². The second-order valence-corrected chi connectivity index (χ2v) is 4.75. The number of hydrogen-bond donors (Lipinski definition) is 2. The van der Waals surface area contributed by atoms with E-state index in [9.17, 15) is 0 Å². The lowest BCUT2D eigenvalue weighted by Crippen LogP contribution is -2.16. The Kier molecular flexibility index (Phi) is 5.77. The number of aliphatic hydroxyl groups is 1. The zero-order valence-corrected chi connectivity index (χ0v) is 11.4. The first-order valence-electron chi connectivity index (χ1n) is 5.64. The Morgan fingerprint density at radius 3 is 2.94 bits per heavy atom. The average molecular weight is 287 g/mol. The lowest BCUT2D eigenvalue weighted by molar-refractivity contribution is 0.258. The van der Waals surface area contributed by atoms with Crippen LogP contribution in [0.15, 0.2) is 16.7 Å². The predicted octanol–water partition coefficient (Wildman–Crippen LogP) is 2.97. The van der Waals surface area contributed by atoms with Gasteiger partial charge in [0.15, 0.2) is 0 Å². The Balaban J connectivity index is 2.56. The topological polar surface area (TPSA) is 45.1 Å². The van der Waals surface area contributed by atoms with Crippen LogP contribution in [0.2, 0.25) is 0 Å². The van der Waals surface area contributed by atoms with Crippen molar-refractivity contribution >= 4 is 21.7 Å². The monoisotopic (exact) mass is 286 g/mol. The van der Waals surface area contributed by atoms with Gasteiger partial charge in [-0.05, 0) is 46.8 Å². The first-order valence-corrected chi connectivity index (χ1v) is 6.44. The number of anilines is 1. The summed E-state index contributed by atoms with van der Waals surface area (Å²) in [5.41, 5.74) is 1.17. The molecule has 0 aliphatic rings. The van der Waals surface area contributed by atoms with Gasteiger partial charge in [0, 0.05) is 19.3 Å². The molecule has 0 saturated heterocycles. The number of hydrogen-bond acceptors (Lipinski definition) is 3. The highest BCUT2D eigenvalue weighted by molar-refractivity contribution is 9.10. The molecule has 1 aromatic heterocycles. The van der Waals surface area contributed by atoms with Crippen molar-refractivity contribution < 1.29 is 5.11 Å². The van der Waals surface area contributed by atoms with Gasteiger partial charge in [0.25, 0.3) is 0 Å². The fraction of sp³-hybridized carbons (Fsp3) is 0.583. The highest BCUT2D eigenvalue weighted by Gasteiger charge is 2.08. The smallest absolute Gasteiger partial charge is 0.140 e. The summed E-state index contributed by atoms with van der Waals surface area (Å²) in [6.45, 7) is 5.29. The van der Waals surface area contributed by atoms with E-state index < -0.39 is 0 Å². The van der Waals surface area contributed by atoms with E-state index in [1.165, 1.54) is 5.56 Å². The molecule has 0 aliphatic heterocycles. The van der Waals surface area contributed by atoms with Gasteiger partial charge in [0.05, 0.1) is 4.47 Å². The Bertz CT molecular complexity index is 331. The van der Waals surface area contributed by atoms with Gasteiger partial charge in [-0.2, -0.15) is 0 Å². The van der Waals surface area contributed by atoms with Crippen molar-refractivity contribution in [3.63, 3.8) is 0 Å². The Morgan fingerprint density at radius 1 is 1.56 bits per heavy atom. The average Bonchev–Trinajstić information content (AvgIpc) is 2.29. The van der Waals surface area contributed by atoms with E-state index in [0.29, 0.717) is 5.92 Å². The van der Waals surface area contributed by atoms with Gasteiger partial charge >= 0.3 is 0 Å². The summed E-state index contributed by atoms with van der Waals surface area (Å²) < 4.78 is 1.02. The van der Waals surface area contributed by atoms with Crippen LogP contribution in [-0.4, -0.2) is 23.2 Å². The normalized spacial score (nSPS) is 12.5. The molecule has 0 saturated carbocycles. The maximum absolute atomic E-state index is 8.91. The SMILES string of the molecule is CCC(CCO)CNc1nccc(C)c1Br. The number of aliphatic hydroxyl groups excluding tert-OH is 1. The minimum atomic E-state index is 0.253. The molecule has 2 N–H and O–H groups in total. The minimum absolute atomic E-state index is 0.253. The first kappa shape index (κ1) is 13.5. The zero-order valence-electron chi connectivity index (χ0n) is 9.83. The van der Waals surface area contributed by atoms with Gasteiger partial charge in [-0.3, -0.25) is 0 Å². The minimum Gasteiger partial charge on any atom is -0.396 e. The number of pyridine rings is 1. The van der Waals surface area contributed by atoms with Crippen LogP contribution in [0.5, 0.6) is 0 Å². The van der Waals surface area contributed by atoms with E-state index in [1.54, 1.807) is 6.20 Å². The van der Waals surface area contributed by atoms with E-state index in [1.807, 2.05) is 13.0 Å². The Labute approximate surface area is 105 Å². The lowest BCUT2D eigenvalue weighted by Gasteiger charge is -2.15. The van der Waals surface area contributed by atoms with E-state index in [-0.39, 0.29) is 6.61 Å². The second-order valence-electron chi connectivity index (χ2n) is 3.96. The van der Waals surface area contributed by atoms with Crippen molar-refractivity contribution in [1.29, 1.82) is 0 Å². The van der Waals surface area contributed by atoms with Crippen LogP contribution in [0.1, 0.15) is 25.3 Å². The van der Waals surface area contributed by atoms with Crippen LogP contribution < -0.4 is 5.32 Å². The summed E-state index contributed by atoms with van der Waals surface area (Å²) in [4.78, 5) is 4.29. The molecule has 1 rings (SSSR count). The summed E-state index contributed by atoms with van der Waals surface area (Å²) in [5.74, 6) is 1.38. The number of rotatable bonds is 6. The van der Waals surface area contributed by atoms with Gasteiger partial charge in [-0.1, -0.05) is 13.3 Å². The lowest BCUT2D eigenvalue weighted by atomic mass is 10.0. The highest BCUT2D eigenvalue weighted by Crippen LogP contribution is 2.23. The standard InChI is InChI=1S/C12H19BrN2O/c1-3-10(5-7-16)8-15-12-11(13)9(2)4-6-14-12/h4,6,10,16H,3,5,7-8H2,1-2H3,(H,14,15). The molecule has 0 spiro atoms. The molecule has 16 heavy (non-hydrogen) atoms. The van der Waals surface area contributed by atoms with Crippen LogP contribution in [0, 0.1) is 12.8 Å². The van der Waals surface area contributed by atoms with E-state index in [0.717, 1.165) is 29.7 Å². The summed E-state index contributed by atoms with van der Waals surface area (Å²) in [7, 11) is 0. The van der Waals surface area contributed by atoms with Gasteiger partial charge in [-0.15, -0.1) is 0 Å². The van der Waals surface area contributed by atoms with Gasteiger partial charge in [0.1, 0.15) is 5.82 Å². The molecule has 1 unspecified atom stereocenters. The van der Waals surface area contributed by atoms with Gasteiger partial charge < -0.3 is 10.4 Å². The van der Waals surface area contributed by atoms with Crippen LogP contribution in [0.25, 0.3) is 0 Å². The van der Waals surface area contributed by atoms with Crippen LogP contribution in [0.4, 0.5) is 5.82 Å². The largest absolute Gasteiger partial charge is 0.396 e. The fourth-order valence-electron chi connectivity index (χ4n) is 1.54. The third kappa shape index (κ3) is 3.76. The molecule has 0 radical (unpaired) electrons. The van der Waals surface area contributed by atoms with Gasteiger partial charge in [0.2, 0.25) is 0 Å².